The predicted octanol–water partition coefficient (Wildman–Crippen LogP) is 2.82. The fourth-order valence-corrected chi connectivity index (χ4v) is 6.12. The van der Waals surface area contributed by atoms with E-state index in [1.807, 2.05) is 6.07 Å². The number of phenolic OH excluding ortho intramolecular Hbond substituents is 2. The number of rotatable bonds is 0. The van der Waals surface area contributed by atoms with Crippen LogP contribution in [0.2, 0.25) is 0 Å². The highest BCUT2D eigenvalue weighted by Crippen LogP contribution is 2.59. The monoisotopic (exact) mass is 337 g/mol. The van der Waals surface area contributed by atoms with Crippen LogP contribution in [0.3, 0.4) is 0 Å². The molecule has 0 spiro atoms. The van der Waals surface area contributed by atoms with E-state index in [1.54, 1.807) is 6.07 Å². The largest absolute Gasteiger partial charge is 0.504 e. The van der Waals surface area contributed by atoms with Gasteiger partial charge in [-0.05, 0) is 49.8 Å². The van der Waals surface area contributed by atoms with Crippen molar-refractivity contribution in [3.8, 4) is 11.5 Å². The molecular weight excluding hydrogens is 318 g/mol. The van der Waals surface area contributed by atoms with Gasteiger partial charge in [0.05, 0.1) is 0 Å². The van der Waals surface area contributed by atoms with Crippen LogP contribution in [-0.4, -0.2) is 27.6 Å². The van der Waals surface area contributed by atoms with Crippen molar-refractivity contribution in [3.63, 3.8) is 0 Å². The Morgan fingerprint density at radius 1 is 1.25 bits per heavy atom. The van der Waals surface area contributed by atoms with Gasteiger partial charge in [-0.3, -0.25) is 0 Å². The number of phenols is 2. The second kappa shape index (κ2) is 4.38. The van der Waals surface area contributed by atoms with Crippen LogP contribution in [0.1, 0.15) is 36.8 Å². The number of nitrogens with one attached hydrogen (secondary N) is 1. The normalized spacial score (nSPS) is 39.0. The van der Waals surface area contributed by atoms with Crippen molar-refractivity contribution in [1.82, 2.24) is 5.32 Å². The molecule has 0 amide bonds. The molecule has 0 radical (unpaired) electrons. The van der Waals surface area contributed by atoms with Crippen LogP contribution in [0.4, 0.5) is 0 Å². The lowest BCUT2D eigenvalue weighted by atomic mass is 9.52. The van der Waals surface area contributed by atoms with Gasteiger partial charge in [0.1, 0.15) is 0 Å². The summed E-state index contributed by atoms with van der Waals surface area (Å²) in [5.41, 5.74) is 2.23. The van der Waals surface area contributed by atoms with Crippen LogP contribution in [-0.2, 0) is 11.8 Å². The standard InChI is InChI=1S/C16H20BrNO2/c17-13-3-1-2-10-11-8-9-4-5-12(19)15(20)14(9)16(10,13)6-7-18-11/h4-5,10-11,13,18-20H,1-3,6-8H2/t10-,11+,13?,16+/m0/s1. The first-order chi connectivity index (χ1) is 9.64. The zero-order valence-corrected chi connectivity index (χ0v) is 13.0. The van der Waals surface area contributed by atoms with Gasteiger partial charge < -0.3 is 15.5 Å². The molecule has 3 N–H and O–H groups in total. The SMILES string of the molecule is Oc1ccc2c(c1O)[C@]13CCN[C@H](C2)[C@@H]1CCCC3Br. The topological polar surface area (TPSA) is 52.5 Å². The summed E-state index contributed by atoms with van der Waals surface area (Å²) in [6.45, 7) is 0.998. The molecule has 1 aromatic carbocycles. The maximum Gasteiger partial charge on any atom is 0.161 e. The van der Waals surface area contributed by atoms with Crippen LogP contribution in [0.25, 0.3) is 0 Å². The van der Waals surface area contributed by atoms with E-state index < -0.39 is 0 Å². The Morgan fingerprint density at radius 2 is 2.10 bits per heavy atom. The number of fused-ring (bicyclic) bond motifs is 1. The molecule has 0 aromatic heterocycles. The first-order valence-corrected chi connectivity index (χ1v) is 8.48. The molecule has 1 heterocycles. The van der Waals surface area contributed by atoms with Crippen LogP contribution in [0.15, 0.2) is 12.1 Å². The molecule has 2 aliphatic carbocycles. The number of alkyl halides is 1. The van der Waals surface area contributed by atoms with Crippen molar-refractivity contribution in [2.24, 2.45) is 5.92 Å². The minimum Gasteiger partial charge on any atom is -0.504 e. The third-order valence-electron chi connectivity index (χ3n) is 5.77. The number of benzene rings is 1. The van der Waals surface area contributed by atoms with Gasteiger partial charge in [-0.1, -0.05) is 28.4 Å². The van der Waals surface area contributed by atoms with Gasteiger partial charge in [-0.15, -0.1) is 0 Å². The Labute approximate surface area is 127 Å². The van der Waals surface area contributed by atoms with Crippen LogP contribution < -0.4 is 5.32 Å². The van der Waals surface area contributed by atoms with Crippen LogP contribution >= 0.6 is 15.9 Å². The highest BCUT2D eigenvalue weighted by molar-refractivity contribution is 9.09. The van der Waals surface area contributed by atoms with Crippen LogP contribution in [0, 0.1) is 5.92 Å². The Morgan fingerprint density at radius 3 is 2.95 bits per heavy atom. The van der Waals surface area contributed by atoms with Gasteiger partial charge in [0.15, 0.2) is 11.5 Å². The summed E-state index contributed by atoms with van der Waals surface area (Å²) in [6, 6.07) is 4.14. The molecule has 4 heteroatoms. The van der Waals surface area contributed by atoms with Crippen molar-refractivity contribution in [1.29, 1.82) is 0 Å². The average Bonchev–Trinajstić information content (AvgIpc) is 2.43. The Kier molecular flexibility index (Phi) is 2.84. The molecule has 4 rings (SSSR count). The van der Waals surface area contributed by atoms with Gasteiger partial charge >= 0.3 is 0 Å². The number of halogens is 1. The summed E-state index contributed by atoms with van der Waals surface area (Å²) in [6.07, 6.45) is 5.62. The maximum absolute atomic E-state index is 10.5. The number of piperidine rings is 1. The maximum atomic E-state index is 10.5. The highest BCUT2D eigenvalue weighted by Gasteiger charge is 2.56. The third-order valence-corrected chi connectivity index (χ3v) is 7.05. The van der Waals surface area contributed by atoms with Crippen molar-refractivity contribution >= 4 is 15.9 Å². The predicted molar refractivity (Wildman–Crippen MR) is 81.6 cm³/mol. The van der Waals surface area contributed by atoms with Crippen LogP contribution in [0.5, 0.6) is 11.5 Å². The molecule has 1 aliphatic heterocycles. The second-order valence-electron chi connectivity index (χ2n) is 6.53. The lowest BCUT2D eigenvalue weighted by Gasteiger charge is -2.58. The fourth-order valence-electron chi connectivity index (χ4n) is 5.00. The summed E-state index contributed by atoms with van der Waals surface area (Å²) < 4.78 is 0. The van der Waals surface area contributed by atoms with Crippen molar-refractivity contribution in [3.05, 3.63) is 23.3 Å². The summed E-state index contributed by atoms with van der Waals surface area (Å²) in [4.78, 5) is 0.394. The minimum absolute atomic E-state index is 0.00935. The summed E-state index contributed by atoms with van der Waals surface area (Å²) in [5, 5.41) is 24.2. The van der Waals surface area contributed by atoms with Crippen molar-refractivity contribution in [2.45, 2.75) is 48.4 Å². The molecule has 3 aliphatic rings. The molecule has 1 unspecified atom stereocenters. The Bertz CT molecular complexity index is 562. The van der Waals surface area contributed by atoms with E-state index in [4.69, 9.17) is 0 Å². The van der Waals surface area contributed by atoms with E-state index >= 15 is 0 Å². The molecule has 108 valence electrons. The first kappa shape index (κ1) is 13.0. The second-order valence-corrected chi connectivity index (χ2v) is 7.63. The molecule has 1 saturated carbocycles. The molecule has 4 atom stereocenters. The minimum atomic E-state index is -0.00935. The smallest absolute Gasteiger partial charge is 0.161 e. The van der Waals surface area contributed by atoms with Gasteiger partial charge in [-0.25, -0.2) is 0 Å². The molecular formula is C16H20BrNO2. The third kappa shape index (κ3) is 1.49. The molecule has 2 fully saturated rings. The van der Waals surface area contributed by atoms with Gasteiger partial charge in [0.2, 0.25) is 0 Å². The van der Waals surface area contributed by atoms with Crippen molar-refractivity contribution in [2.75, 3.05) is 6.54 Å². The average molecular weight is 338 g/mol. The highest BCUT2D eigenvalue weighted by atomic mass is 79.9. The van der Waals surface area contributed by atoms with Crippen molar-refractivity contribution < 1.29 is 10.2 Å². The number of aromatic hydroxyl groups is 2. The van der Waals surface area contributed by atoms with E-state index in [-0.39, 0.29) is 16.9 Å². The van der Waals surface area contributed by atoms with E-state index in [2.05, 4.69) is 21.2 Å². The Balaban J connectivity index is 1.99. The quantitative estimate of drug-likeness (QED) is 0.504. The lowest BCUT2D eigenvalue weighted by molar-refractivity contribution is 0.0847. The molecule has 1 saturated heterocycles. The van der Waals surface area contributed by atoms with E-state index in [0.29, 0.717) is 16.8 Å². The number of hydrogen-bond donors (Lipinski definition) is 3. The first-order valence-electron chi connectivity index (χ1n) is 7.56. The van der Waals surface area contributed by atoms with E-state index in [9.17, 15) is 10.2 Å². The van der Waals surface area contributed by atoms with E-state index in [0.717, 1.165) is 31.4 Å². The fraction of sp³-hybridized carbons (Fsp3) is 0.625. The zero-order valence-electron chi connectivity index (χ0n) is 11.4. The molecule has 20 heavy (non-hydrogen) atoms. The summed E-state index contributed by atoms with van der Waals surface area (Å²) in [7, 11) is 0. The van der Waals surface area contributed by atoms with Gasteiger partial charge in [0.25, 0.3) is 0 Å². The molecule has 2 bridgehead atoms. The molecule has 3 nitrogen and oxygen atoms in total. The summed E-state index contributed by atoms with van der Waals surface area (Å²) >= 11 is 3.92. The van der Waals surface area contributed by atoms with Gasteiger partial charge in [-0.2, -0.15) is 0 Å². The van der Waals surface area contributed by atoms with E-state index in [1.165, 1.54) is 18.4 Å². The molecule has 1 aromatic rings. The summed E-state index contributed by atoms with van der Waals surface area (Å²) in [5.74, 6) is 0.716. The lowest BCUT2D eigenvalue weighted by Crippen LogP contribution is -2.63. The zero-order chi connectivity index (χ0) is 13.9. The van der Waals surface area contributed by atoms with Gasteiger partial charge in [0, 0.05) is 21.8 Å². The Hall–Kier alpha value is -0.740. The number of hydrogen-bond acceptors (Lipinski definition) is 3.